The number of carbonyl (C=O) groups is 1. The number of rotatable bonds is 7. The summed E-state index contributed by atoms with van der Waals surface area (Å²) >= 11 is 0. The number of amides is 1. The summed E-state index contributed by atoms with van der Waals surface area (Å²) in [5.74, 6) is -1.23. The monoisotopic (exact) mass is 429 g/mol. The van der Waals surface area contributed by atoms with Gasteiger partial charge in [-0.1, -0.05) is 6.07 Å². The normalized spacial score (nSPS) is 12.2. The molecule has 2 rings (SSSR count). The van der Waals surface area contributed by atoms with Crippen LogP contribution in [0.1, 0.15) is 5.56 Å². The molecule has 2 aromatic carbocycles. The van der Waals surface area contributed by atoms with Crippen molar-refractivity contribution < 1.29 is 26.0 Å². The molecular weight excluding hydrogens is 409 g/mol. The minimum atomic E-state index is -3.99. The van der Waals surface area contributed by atoms with Crippen LogP contribution in [-0.4, -0.2) is 47.7 Å². The van der Waals surface area contributed by atoms with E-state index in [0.29, 0.717) is 5.56 Å². The van der Waals surface area contributed by atoms with Gasteiger partial charge in [-0.2, -0.15) is 4.31 Å². The van der Waals surface area contributed by atoms with E-state index in [1.807, 2.05) is 0 Å². The lowest BCUT2D eigenvalue weighted by molar-refractivity contribution is -0.116. The van der Waals surface area contributed by atoms with Gasteiger partial charge in [0.05, 0.1) is 16.3 Å². The fourth-order valence-corrected chi connectivity index (χ4v) is 4.17. The van der Waals surface area contributed by atoms with Crippen molar-refractivity contribution in [3.8, 4) is 0 Å². The number of aryl methyl sites for hydroxylation is 1. The van der Waals surface area contributed by atoms with Crippen LogP contribution in [-0.2, 0) is 24.8 Å². The smallest absolute Gasteiger partial charge is 0.243 e. The van der Waals surface area contributed by atoms with Crippen molar-refractivity contribution in [2.45, 2.75) is 16.7 Å². The van der Waals surface area contributed by atoms with Crippen molar-refractivity contribution in [1.29, 1.82) is 0 Å². The Morgan fingerprint density at radius 3 is 2.18 bits per heavy atom. The van der Waals surface area contributed by atoms with E-state index in [4.69, 9.17) is 0 Å². The predicted molar refractivity (Wildman–Crippen MR) is 102 cm³/mol. The van der Waals surface area contributed by atoms with Crippen molar-refractivity contribution in [2.24, 2.45) is 0 Å². The molecule has 152 valence electrons. The van der Waals surface area contributed by atoms with Gasteiger partial charge in [0, 0.05) is 12.7 Å². The van der Waals surface area contributed by atoms with Gasteiger partial charge in [-0.3, -0.25) is 4.79 Å². The highest BCUT2D eigenvalue weighted by Crippen LogP contribution is 2.20. The molecule has 0 fully saturated rings. The second-order valence-electron chi connectivity index (χ2n) is 5.95. The minimum absolute atomic E-state index is 0.0387. The summed E-state index contributed by atoms with van der Waals surface area (Å²) in [5.41, 5.74) is 0.848. The van der Waals surface area contributed by atoms with E-state index in [-0.39, 0.29) is 15.5 Å². The maximum absolute atomic E-state index is 13.0. The molecule has 0 aliphatic heterocycles. The summed E-state index contributed by atoms with van der Waals surface area (Å²) in [6.45, 7) is 1.16. The number of benzene rings is 2. The standard InChI is InChI=1S/C17H20FN3O5S2/c1-12-4-7-15(27(23,24)19-2)10-16(12)20-17(22)11-21(3)28(25,26)14-8-5-13(18)6-9-14/h4-10,19H,11H2,1-3H3,(H,20,22). The number of halogens is 1. The quantitative estimate of drug-likeness (QED) is 0.689. The zero-order valence-electron chi connectivity index (χ0n) is 15.4. The fraction of sp³-hybridized carbons (Fsp3) is 0.235. The molecule has 2 aromatic rings. The zero-order valence-corrected chi connectivity index (χ0v) is 17.1. The molecule has 0 saturated carbocycles. The topological polar surface area (TPSA) is 113 Å². The molecule has 1 amide bonds. The van der Waals surface area contributed by atoms with E-state index in [9.17, 15) is 26.0 Å². The van der Waals surface area contributed by atoms with Gasteiger partial charge in [0.15, 0.2) is 0 Å². The van der Waals surface area contributed by atoms with E-state index < -0.39 is 38.3 Å². The molecule has 2 N–H and O–H groups in total. The molecule has 0 aliphatic rings. The number of carbonyl (C=O) groups excluding carboxylic acids is 1. The third-order valence-electron chi connectivity index (χ3n) is 3.95. The van der Waals surface area contributed by atoms with Crippen LogP contribution in [0.3, 0.4) is 0 Å². The molecule has 8 nitrogen and oxygen atoms in total. The molecule has 0 aromatic heterocycles. The first-order valence-electron chi connectivity index (χ1n) is 8.03. The van der Waals surface area contributed by atoms with Crippen LogP contribution in [0.5, 0.6) is 0 Å². The van der Waals surface area contributed by atoms with Crippen LogP contribution in [0.15, 0.2) is 52.3 Å². The number of likely N-dealkylation sites (N-methyl/N-ethyl adjacent to an activating group) is 1. The van der Waals surface area contributed by atoms with Crippen LogP contribution in [0, 0.1) is 12.7 Å². The minimum Gasteiger partial charge on any atom is -0.325 e. The van der Waals surface area contributed by atoms with Gasteiger partial charge in [-0.25, -0.2) is 25.9 Å². The van der Waals surface area contributed by atoms with Crippen molar-refractivity contribution in [3.63, 3.8) is 0 Å². The third kappa shape index (κ3) is 4.93. The molecule has 0 saturated heterocycles. The van der Waals surface area contributed by atoms with Crippen molar-refractivity contribution >= 4 is 31.6 Å². The van der Waals surface area contributed by atoms with Crippen molar-refractivity contribution in [3.05, 3.63) is 53.8 Å². The second kappa shape index (κ2) is 8.35. The van der Waals surface area contributed by atoms with E-state index in [1.165, 1.54) is 32.3 Å². The molecule has 11 heteroatoms. The highest BCUT2D eigenvalue weighted by Gasteiger charge is 2.23. The molecule has 0 atom stereocenters. The summed E-state index contributed by atoms with van der Waals surface area (Å²) in [7, 11) is -5.20. The Kier molecular flexibility index (Phi) is 6.55. The van der Waals surface area contributed by atoms with Gasteiger partial charge < -0.3 is 5.32 Å². The molecule has 0 heterocycles. The number of nitrogens with zero attached hydrogens (tertiary/aromatic N) is 1. The molecular formula is C17H20FN3O5S2. The number of nitrogens with one attached hydrogen (secondary N) is 2. The lowest BCUT2D eigenvalue weighted by atomic mass is 10.2. The molecule has 0 bridgehead atoms. The van der Waals surface area contributed by atoms with Crippen LogP contribution < -0.4 is 10.0 Å². The van der Waals surface area contributed by atoms with Crippen LogP contribution in [0.2, 0.25) is 0 Å². The molecule has 28 heavy (non-hydrogen) atoms. The third-order valence-corrected chi connectivity index (χ3v) is 7.18. The lowest BCUT2D eigenvalue weighted by Gasteiger charge is -2.17. The molecule has 0 radical (unpaired) electrons. The van der Waals surface area contributed by atoms with Gasteiger partial charge in [0.2, 0.25) is 26.0 Å². The lowest BCUT2D eigenvalue weighted by Crippen LogP contribution is -2.35. The Balaban J connectivity index is 2.18. The zero-order chi connectivity index (χ0) is 21.1. The summed E-state index contributed by atoms with van der Waals surface area (Å²) in [6, 6.07) is 8.44. The average molecular weight is 429 g/mol. The Hall–Kier alpha value is -2.34. The maximum atomic E-state index is 13.0. The number of hydrogen-bond donors (Lipinski definition) is 2. The summed E-state index contributed by atoms with van der Waals surface area (Å²) < 4.78 is 64.7. The summed E-state index contributed by atoms with van der Waals surface area (Å²) in [5, 5.41) is 2.51. The summed E-state index contributed by atoms with van der Waals surface area (Å²) in [6.07, 6.45) is 0. The van der Waals surface area contributed by atoms with E-state index in [2.05, 4.69) is 10.0 Å². The number of anilines is 1. The average Bonchev–Trinajstić information content (AvgIpc) is 2.63. The fourth-order valence-electron chi connectivity index (χ4n) is 2.28. The Morgan fingerprint density at radius 1 is 1.04 bits per heavy atom. The highest BCUT2D eigenvalue weighted by atomic mass is 32.2. The number of hydrogen-bond acceptors (Lipinski definition) is 5. The first-order chi connectivity index (χ1) is 13.0. The van der Waals surface area contributed by atoms with Gasteiger partial charge in [0.25, 0.3) is 0 Å². The van der Waals surface area contributed by atoms with Gasteiger partial charge in [-0.15, -0.1) is 0 Å². The van der Waals surface area contributed by atoms with Crippen molar-refractivity contribution in [1.82, 2.24) is 9.03 Å². The molecule has 0 unspecified atom stereocenters. The SMILES string of the molecule is CNS(=O)(=O)c1ccc(C)c(NC(=O)CN(C)S(=O)(=O)c2ccc(F)cc2)c1. The van der Waals surface area contributed by atoms with Crippen LogP contribution in [0.4, 0.5) is 10.1 Å². The second-order valence-corrected chi connectivity index (χ2v) is 9.88. The first-order valence-corrected chi connectivity index (χ1v) is 11.0. The first kappa shape index (κ1) is 22.0. The van der Waals surface area contributed by atoms with Crippen molar-refractivity contribution in [2.75, 3.05) is 26.0 Å². The van der Waals surface area contributed by atoms with Gasteiger partial charge in [0.1, 0.15) is 5.82 Å². The predicted octanol–water partition coefficient (Wildman–Crippen LogP) is 1.30. The summed E-state index contributed by atoms with van der Waals surface area (Å²) in [4.78, 5) is 12.1. The molecule has 0 spiro atoms. The highest BCUT2D eigenvalue weighted by molar-refractivity contribution is 7.89. The van der Waals surface area contributed by atoms with Gasteiger partial charge in [-0.05, 0) is 55.9 Å². The Labute approximate surface area is 163 Å². The van der Waals surface area contributed by atoms with Crippen LogP contribution >= 0.6 is 0 Å². The molecule has 0 aliphatic carbocycles. The van der Waals surface area contributed by atoms with Crippen LogP contribution in [0.25, 0.3) is 0 Å². The Morgan fingerprint density at radius 2 is 1.61 bits per heavy atom. The van der Waals surface area contributed by atoms with E-state index in [1.54, 1.807) is 6.92 Å². The largest absolute Gasteiger partial charge is 0.325 e. The Bertz CT molecular complexity index is 1080. The van der Waals surface area contributed by atoms with Gasteiger partial charge >= 0.3 is 0 Å². The van der Waals surface area contributed by atoms with E-state index >= 15 is 0 Å². The maximum Gasteiger partial charge on any atom is 0.243 e. The number of sulfonamides is 2. The van der Waals surface area contributed by atoms with E-state index in [0.717, 1.165) is 28.6 Å².